The van der Waals surface area contributed by atoms with Crippen LogP contribution in [-0.2, 0) is 53.0 Å². The molecule has 81 heavy (non-hydrogen) atoms. The van der Waals surface area contributed by atoms with E-state index < -0.39 is 60.1 Å². The van der Waals surface area contributed by atoms with Crippen molar-refractivity contribution < 1.29 is 50.8 Å². The van der Waals surface area contributed by atoms with E-state index >= 15 is 8.42 Å². The molecule has 0 radical (unpaired) electrons. The van der Waals surface area contributed by atoms with Crippen molar-refractivity contribution in [3.8, 4) is 0 Å². The fourth-order valence-corrected chi connectivity index (χ4v) is 14.9. The predicted octanol–water partition coefficient (Wildman–Crippen LogP) is 5.81. The largest absolute Gasteiger partial charge is 0.367 e. The highest BCUT2D eigenvalue weighted by Gasteiger charge is 2.35. The molecule has 9 rings (SSSR count). The van der Waals surface area contributed by atoms with Crippen LogP contribution in [0.1, 0.15) is 112 Å². The number of nitrogens with zero attached hydrogens (tertiary/aromatic N) is 4. The van der Waals surface area contributed by atoms with E-state index in [-0.39, 0.29) is 67.4 Å². The van der Waals surface area contributed by atoms with E-state index in [0.29, 0.717) is 38.4 Å². The third-order valence-corrected chi connectivity index (χ3v) is 19.3. The summed E-state index contributed by atoms with van der Waals surface area (Å²) in [5, 5.41) is -0.924. The normalized spacial score (nSPS) is 17.0. The Morgan fingerprint density at radius 3 is 1.26 bits per heavy atom. The highest BCUT2D eigenvalue weighted by atomic mass is 32.2. The van der Waals surface area contributed by atoms with Gasteiger partial charge in [0.25, 0.3) is 10.1 Å². The van der Waals surface area contributed by atoms with Gasteiger partial charge in [0.1, 0.15) is 4.91 Å². The maximum Gasteiger partial charge on any atom is 0.344 e. The molecule has 0 atom stereocenters. The molecule has 8 bridgehead atoms. The molecule has 5 aliphatic rings. The smallest absolute Gasteiger partial charge is 0.344 e. The van der Waals surface area contributed by atoms with E-state index in [1.165, 1.54) is 106 Å². The van der Waals surface area contributed by atoms with E-state index in [2.05, 4.69) is 26.9 Å². The minimum atomic E-state index is -5.34. The van der Waals surface area contributed by atoms with Gasteiger partial charge < -0.3 is 52.1 Å². The van der Waals surface area contributed by atoms with Gasteiger partial charge in [-0.05, 0) is 73.2 Å². The predicted molar refractivity (Wildman–Crippen MR) is 313 cm³/mol. The Labute approximate surface area is 474 Å². The van der Waals surface area contributed by atoms with Gasteiger partial charge in [-0.2, -0.15) is 33.7 Å². The summed E-state index contributed by atoms with van der Waals surface area (Å²) in [6, 6.07) is 9.21. The Balaban J connectivity index is 1.27. The van der Waals surface area contributed by atoms with Crippen LogP contribution in [0.5, 0.6) is 0 Å². The average Bonchev–Trinajstić information content (AvgIpc) is 4.32. The van der Waals surface area contributed by atoms with Crippen LogP contribution < -0.4 is 21.4 Å². The second-order valence-corrected chi connectivity index (χ2v) is 26.3. The lowest BCUT2D eigenvalue weighted by molar-refractivity contribution is 0.268. The first-order chi connectivity index (χ1) is 38.8. The Kier molecular flexibility index (Phi) is 18.0. The number of rotatable bonds is 24. The Hall–Kier alpha value is -7.12. The van der Waals surface area contributed by atoms with Gasteiger partial charge in [0.05, 0.1) is 44.2 Å². The van der Waals surface area contributed by atoms with Crippen LogP contribution >= 0.6 is 0 Å². The third kappa shape index (κ3) is 13.5. The van der Waals surface area contributed by atoms with Gasteiger partial charge in [-0.25, -0.2) is 0 Å². The first kappa shape index (κ1) is 58.5. The lowest BCUT2D eigenvalue weighted by Crippen LogP contribution is -2.30. The zero-order valence-electron chi connectivity index (χ0n) is 45.9. The highest BCUT2D eigenvalue weighted by molar-refractivity contribution is 7.97. The molecule has 0 amide bonds. The Morgan fingerprint density at radius 2 is 0.840 bits per heavy atom. The summed E-state index contributed by atoms with van der Waals surface area (Å²) in [4.78, 5) is 16.2. The van der Waals surface area contributed by atoms with E-state index in [4.69, 9.17) is 12.5 Å². The number of hydrogen-bond donors (Lipinski definition) is 5. The molecule has 434 valence electrons. The molecule has 5 N–H and O–H groups in total. The Morgan fingerprint density at radius 1 is 0.457 bits per heavy atom. The number of H-pyrrole nitrogens is 4. The van der Waals surface area contributed by atoms with Crippen LogP contribution in [0.2, 0.25) is 0 Å². The first-order valence-corrected chi connectivity index (χ1v) is 32.9. The van der Waals surface area contributed by atoms with Gasteiger partial charge in [-0.3, -0.25) is 4.55 Å². The molecule has 0 fully saturated rings. The van der Waals surface area contributed by atoms with Gasteiger partial charge in [0.2, 0.25) is 17.6 Å². The number of hydrogen-bond acceptors (Lipinski definition) is 15. The number of fused-ring (bicyclic) bond motifs is 8. The summed E-state index contributed by atoms with van der Waals surface area (Å²) in [6.45, 7) is 4.07. The second-order valence-electron chi connectivity index (χ2n) is 20.5. The van der Waals surface area contributed by atoms with Gasteiger partial charge in [0.15, 0.2) is 14.7 Å². The molecule has 4 aromatic heterocycles. The van der Waals surface area contributed by atoms with Crippen molar-refractivity contribution in [2.75, 3.05) is 53.9 Å². The molecular formula is C57H70N8O12S4. The summed E-state index contributed by atoms with van der Waals surface area (Å²) in [5.41, 5.74) is -0.353. The van der Waals surface area contributed by atoms with Crippen LogP contribution in [0, 0.1) is 0 Å². The molecule has 0 unspecified atom stereocenters. The molecule has 5 aliphatic heterocycles. The quantitative estimate of drug-likeness (QED) is 0.0315. The number of aromatic amines is 4. The van der Waals surface area contributed by atoms with Crippen molar-refractivity contribution in [2.24, 2.45) is 0 Å². The highest BCUT2D eigenvalue weighted by Crippen LogP contribution is 2.32. The number of allylic oxidation sites excluding steroid dienone is 8. The fourth-order valence-electron chi connectivity index (χ4n) is 10.2. The summed E-state index contributed by atoms with van der Waals surface area (Å²) in [5.74, 6) is -0.151. The van der Waals surface area contributed by atoms with Crippen molar-refractivity contribution in [2.45, 2.75) is 84.0 Å². The van der Waals surface area contributed by atoms with Crippen molar-refractivity contribution in [1.29, 1.82) is 0 Å². The second kappa shape index (κ2) is 24.9. The van der Waals surface area contributed by atoms with Gasteiger partial charge in [-0.15, -0.1) is 0 Å². The summed E-state index contributed by atoms with van der Waals surface area (Å²) >= 11 is 0. The standard InChI is InChI=1S/C57H70N8O12S4/c1-5-6-7-8-9-10-11-12-13-14-15-20-38-65-39-24-16-25-49(65)41-40-48-56(81(73,74)77-52-28-19-23-37-64(52)4)46-32-31-44(59-46)54(79(69,70)75-50-26-17-21-35-62(50)2)42-29-30-43(58-42)55(80(71,72)76-51-27-18-22-36-63(51)3)45-33-34-47(60-45)57(53(41)61-48)78(66,67)68/h16-19,21-34,40,58-61H,5-15,20,35-39H2,1-4H3,(H,66,67,68). The molecule has 0 saturated heterocycles. The van der Waals surface area contributed by atoms with Crippen molar-refractivity contribution >= 4 is 65.8 Å². The lowest BCUT2D eigenvalue weighted by Gasteiger charge is -2.28. The van der Waals surface area contributed by atoms with Gasteiger partial charge in [0, 0.05) is 65.1 Å². The minimum absolute atomic E-state index is 0.0454. The van der Waals surface area contributed by atoms with Crippen LogP contribution in [0.25, 0.3) is 25.3 Å². The van der Waals surface area contributed by atoms with Crippen molar-refractivity contribution in [3.05, 3.63) is 183 Å². The topological polar surface area (TPSA) is 261 Å². The summed E-state index contributed by atoms with van der Waals surface area (Å²) in [6.07, 6.45) is 33.9. The van der Waals surface area contributed by atoms with E-state index in [1.807, 2.05) is 11.0 Å². The van der Waals surface area contributed by atoms with E-state index in [0.717, 1.165) is 32.1 Å². The van der Waals surface area contributed by atoms with Crippen molar-refractivity contribution in [1.82, 2.24) is 39.5 Å². The number of nitrogens with one attached hydrogen (secondary N) is 4. The maximum absolute atomic E-state index is 15.2. The number of likely N-dealkylation sites (N-methyl/N-ethyl adjacent to an activating group) is 3. The SMILES string of the molecule is CCCCCCCCCCCCCCN1CC=CC=C1c1cc2[nH]c1=C(S(=O)(=O)O)c1ccc([nH]1)C(S(=O)(=O)OC1=CC=CCN1C)=c1ccc([nH]1)=C(S(=O)(=O)OC1=CC=CCN1C)c1ccc([nH]1)C=2S(=O)(=O)OC1=CC=CCN1C. The first-order valence-electron chi connectivity index (χ1n) is 27.2. The molecule has 0 aromatic carbocycles. The molecule has 24 heteroatoms. The van der Waals surface area contributed by atoms with Crippen molar-refractivity contribution in [3.63, 3.8) is 0 Å². The summed E-state index contributed by atoms with van der Waals surface area (Å²) in [7, 11) is -15.4. The van der Waals surface area contributed by atoms with Crippen LogP contribution in [-0.4, -0.2) is 132 Å². The molecule has 0 aliphatic carbocycles. The zero-order chi connectivity index (χ0) is 57.5. The fraction of sp³-hybridized carbons (Fsp3) is 0.368. The lowest BCUT2D eigenvalue weighted by atomic mass is 10.0. The molecule has 0 saturated carbocycles. The zero-order valence-corrected chi connectivity index (χ0v) is 49.1. The summed E-state index contributed by atoms with van der Waals surface area (Å²) < 4.78 is 147. The number of unbranched alkanes of at least 4 members (excludes halogenated alkanes) is 11. The Bertz CT molecular complexity index is 4020. The molecule has 0 spiro atoms. The monoisotopic (exact) mass is 1190 g/mol. The van der Waals surface area contributed by atoms with E-state index in [1.54, 1.807) is 84.5 Å². The van der Waals surface area contributed by atoms with Crippen LogP contribution in [0.3, 0.4) is 0 Å². The maximum atomic E-state index is 15.2. The molecular weight excluding hydrogens is 1120 g/mol. The number of aromatic nitrogens is 4. The molecule has 20 nitrogen and oxygen atoms in total. The molecule has 4 aromatic rings. The minimum Gasteiger partial charge on any atom is -0.367 e. The third-order valence-electron chi connectivity index (χ3n) is 14.4. The van der Waals surface area contributed by atoms with Gasteiger partial charge in [-0.1, -0.05) is 126 Å². The van der Waals surface area contributed by atoms with Crippen LogP contribution in [0.4, 0.5) is 0 Å². The van der Waals surface area contributed by atoms with E-state index in [9.17, 15) is 29.8 Å². The van der Waals surface area contributed by atoms with Crippen LogP contribution in [0.15, 0.2) is 133 Å². The molecule has 9 heterocycles. The average molecular weight is 1190 g/mol. The van der Waals surface area contributed by atoms with Gasteiger partial charge >= 0.3 is 30.4 Å².